The molecule has 3 aromatic carbocycles. The highest BCUT2D eigenvalue weighted by Crippen LogP contribution is 2.24. The fourth-order valence-electron chi connectivity index (χ4n) is 2.16. The molecule has 0 aromatic heterocycles. The van der Waals surface area contributed by atoms with Gasteiger partial charge in [0.1, 0.15) is 17.4 Å². The molecule has 0 heterocycles. The molecule has 0 unspecified atom stereocenters. The smallest absolute Gasteiger partial charge is 0.410 e. The average Bonchev–Trinajstić information content (AvgIpc) is 2.66. The lowest BCUT2D eigenvalue weighted by Crippen LogP contribution is -2.17. The molecule has 4 nitrogen and oxygen atoms in total. The molecule has 8 heteroatoms. The van der Waals surface area contributed by atoms with Crippen molar-refractivity contribution in [3.05, 3.63) is 87.4 Å². The Balaban J connectivity index is 0.000000253. The van der Waals surface area contributed by atoms with E-state index in [4.69, 9.17) is 33.7 Å². The van der Waals surface area contributed by atoms with Crippen molar-refractivity contribution in [2.75, 3.05) is 11.1 Å². The van der Waals surface area contributed by atoms with Crippen molar-refractivity contribution in [1.82, 2.24) is 0 Å². The Bertz CT molecular complexity index is 965. The maximum Gasteiger partial charge on any atom is 0.417 e. The molecule has 0 saturated heterocycles. The Morgan fingerprint density at radius 1 is 0.931 bits per heavy atom. The monoisotopic (exact) mass is 438 g/mol. The van der Waals surface area contributed by atoms with Crippen LogP contribution < -0.4 is 15.8 Å². The number of para-hydroxylation sites is 1. The molecule has 0 bridgehead atoms. The van der Waals surface area contributed by atoms with E-state index >= 15 is 0 Å². The van der Waals surface area contributed by atoms with Crippen LogP contribution in [0.15, 0.2) is 54.6 Å². The molecule has 0 aliphatic rings. The summed E-state index contributed by atoms with van der Waals surface area (Å²) in [6, 6.07) is 13.8. The second-order valence-electron chi connectivity index (χ2n) is 6.03. The lowest BCUT2D eigenvalue weighted by atomic mass is 10.2. The highest BCUT2D eigenvalue weighted by atomic mass is 35.5. The van der Waals surface area contributed by atoms with Crippen molar-refractivity contribution in [2.45, 2.75) is 13.8 Å². The summed E-state index contributed by atoms with van der Waals surface area (Å²) >= 11 is 11.4. The first-order valence-corrected chi connectivity index (χ1v) is 9.13. The minimum Gasteiger partial charge on any atom is -0.410 e. The minimum absolute atomic E-state index is 0.0304. The number of nitrogens with one attached hydrogen (secondary N) is 1. The van der Waals surface area contributed by atoms with Crippen molar-refractivity contribution in [1.29, 1.82) is 0 Å². The topological polar surface area (TPSA) is 64.3 Å². The number of ether oxygens (including phenoxy) is 1. The van der Waals surface area contributed by atoms with Gasteiger partial charge in [0, 0.05) is 10.0 Å². The van der Waals surface area contributed by atoms with Crippen LogP contribution in [0, 0.1) is 25.5 Å². The van der Waals surface area contributed by atoms with Crippen molar-refractivity contribution in [3.8, 4) is 5.75 Å². The molecule has 0 atom stereocenters. The molecule has 0 aliphatic carbocycles. The van der Waals surface area contributed by atoms with E-state index in [1.807, 2.05) is 0 Å². The zero-order chi connectivity index (χ0) is 21.6. The Hall–Kier alpha value is -2.83. The van der Waals surface area contributed by atoms with Crippen molar-refractivity contribution < 1.29 is 18.3 Å². The first-order valence-electron chi connectivity index (χ1n) is 8.38. The van der Waals surface area contributed by atoms with E-state index in [1.54, 1.807) is 44.2 Å². The summed E-state index contributed by atoms with van der Waals surface area (Å²) in [6.07, 6.45) is -0.758. The number of amides is 1. The Labute approximate surface area is 177 Å². The van der Waals surface area contributed by atoms with Gasteiger partial charge in [-0.05, 0) is 61.4 Å². The maximum absolute atomic E-state index is 13.6. The van der Waals surface area contributed by atoms with Crippen LogP contribution in [0.4, 0.5) is 25.0 Å². The molecule has 0 aliphatic heterocycles. The predicted octanol–water partition coefficient (Wildman–Crippen LogP) is 6.77. The summed E-state index contributed by atoms with van der Waals surface area (Å²) in [5, 5.41) is 3.05. The fraction of sp³-hybridized carbons (Fsp3) is 0.0952. The van der Waals surface area contributed by atoms with Gasteiger partial charge in [0.05, 0.1) is 11.4 Å². The van der Waals surface area contributed by atoms with E-state index in [-0.39, 0.29) is 11.4 Å². The molecule has 29 heavy (non-hydrogen) atoms. The normalized spacial score (nSPS) is 10.0. The summed E-state index contributed by atoms with van der Waals surface area (Å²) in [5.74, 6) is -0.692. The Morgan fingerprint density at radius 2 is 1.48 bits per heavy atom. The van der Waals surface area contributed by atoms with Gasteiger partial charge in [0.15, 0.2) is 0 Å². The Morgan fingerprint density at radius 3 is 2.07 bits per heavy atom. The van der Waals surface area contributed by atoms with Crippen LogP contribution in [0.25, 0.3) is 0 Å². The zero-order valence-electron chi connectivity index (χ0n) is 15.6. The van der Waals surface area contributed by atoms with E-state index in [2.05, 4.69) is 5.32 Å². The summed E-state index contributed by atoms with van der Waals surface area (Å²) in [7, 11) is 0. The third kappa shape index (κ3) is 6.62. The number of benzene rings is 3. The Kier molecular flexibility index (Phi) is 7.82. The van der Waals surface area contributed by atoms with Crippen molar-refractivity contribution in [2.24, 2.45) is 0 Å². The number of anilines is 2. The number of nitrogen functional groups attached to an aromatic ring is 1. The van der Waals surface area contributed by atoms with Crippen LogP contribution in [0.3, 0.4) is 0 Å². The molecule has 3 N–H and O–H groups in total. The number of carbonyl (C=O) groups is 1. The van der Waals surface area contributed by atoms with Gasteiger partial charge in [-0.1, -0.05) is 41.4 Å². The van der Waals surface area contributed by atoms with Gasteiger partial charge in [-0.25, -0.2) is 13.6 Å². The van der Waals surface area contributed by atoms with Gasteiger partial charge in [-0.15, -0.1) is 0 Å². The summed E-state index contributed by atoms with van der Waals surface area (Å²) in [4.78, 5) is 11.6. The van der Waals surface area contributed by atoms with Crippen LogP contribution in [0.2, 0.25) is 10.0 Å². The highest BCUT2D eigenvalue weighted by Gasteiger charge is 2.11. The minimum atomic E-state index is -0.758. The number of aryl methyl sites for hydroxylation is 2. The summed E-state index contributed by atoms with van der Waals surface area (Å²) < 4.78 is 31.1. The van der Waals surface area contributed by atoms with Gasteiger partial charge in [-0.3, -0.25) is 5.32 Å². The molecule has 0 saturated carbocycles. The van der Waals surface area contributed by atoms with Crippen LogP contribution in [0.5, 0.6) is 5.75 Å². The van der Waals surface area contributed by atoms with E-state index in [0.29, 0.717) is 21.4 Å². The van der Waals surface area contributed by atoms with Crippen molar-refractivity contribution in [3.63, 3.8) is 0 Å². The second-order valence-corrected chi connectivity index (χ2v) is 6.85. The molecular weight excluding hydrogens is 421 g/mol. The number of halogens is 4. The maximum atomic E-state index is 13.6. The lowest BCUT2D eigenvalue weighted by Gasteiger charge is -2.09. The molecule has 152 valence electrons. The molecule has 1 amide bonds. The molecule has 0 fully saturated rings. The quantitative estimate of drug-likeness (QED) is 0.433. The SMILES string of the molecule is Cc1cc(N)c(F)cc1Cl.Cc1cc(NC(=O)Oc2ccccc2)c(F)cc1Cl. The van der Waals surface area contributed by atoms with Crippen LogP contribution in [-0.4, -0.2) is 6.09 Å². The van der Waals surface area contributed by atoms with E-state index in [0.717, 1.165) is 11.6 Å². The highest BCUT2D eigenvalue weighted by molar-refractivity contribution is 6.31. The van der Waals surface area contributed by atoms with Gasteiger partial charge >= 0.3 is 6.09 Å². The number of rotatable bonds is 2. The third-order valence-corrected chi connectivity index (χ3v) is 4.53. The number of nitrogens with two attached hydrogens (primary N) is 1. The van der Waals surface area contributed by atoms with Gasteiger partial charge in [0.2, 0.25) is 0 Å². The first kappa shape index (κ1) is 22.5. The number of hydrogen-bond acceptors (Lipinski definition) is 3. The fourth-order valence-corrected chi connectivity index (χ4v) is 2.46. The molecule has 3 aromatic rings. The van der Waals surface area contributed by atoms with Crippen LogP contribution >= 0.6 is 23.2 Å². The van der Waals surface area contributed by atoms with E-state index < -0.39 is 17.7 Å². The first-order chi connectivity index (χ1) is 13.7. The molecule has 3 rings (SSSR count). The summed E-state index contributed by atoms with van der Waals surface area (Å²) in [5.41, 5.74) is 6.88. The molecular formula is C21H18Cl2F2N2O2. The van der Waals surface area contributed by atoms with Gasteiger partial charge < -0.3 is 10.5 Å². The standard InChI is InChI=1S/C14H11ClFNO2.C7H7ClFN/c1-9-7-13(12(16)8-11(9)15)17-14(18)19-10-5-3-2-4-6-10;1-4-2-7(10)6(9)3-5(4)8/h2-8H,1H3,(H,17,18);2-3H,10H2,1H3. The predicted molar refractivity (Wildman–Crippen MR) is 113 cm³/mol. The number of carbonyl (C=O) groups excluding carboxylic acids is 1. The third-order valence-electron chi connectivity index (χ3n) is 3.72. The summed E-state index contributed by atoms with van der Waals surface area (Å²) in [6.45, 7) is 3.49. The van der Waals surface area contributed by atoms with Crippen LogP contribution in [-0.2, 0) is 0 Å². The van der Waals surface area contributed by atoms with Crippen molar-refractivity contribution >= 4 is 40.7 Å². The lowest BCUT2D eigenvalue weighted by molar-refractivity contribution is 0.215. The van der Waals surface area contributed by atoms with E-state index in [9.17, 15) is 13.6 Å². The van der Waals surface area contributed by atoms with E-state index in [1.165, 1.54) is 18.2 Å². The second kappa shape index (κ2) is 10.1. The molecule has 0 radical (unpaired) electrons. The largest absolute Gasteiger partial charge is 0.417 e. The number of hydrogen-bond donors (Lipinski definition) is 2. The molecule has 0 spiro atoms. The van der Waals surface area contributed by atoms with Crippen LogP contribution in [0.1, 0.15) is 11.1 Å². The van der Waals surface area contributed by atoms with Gasteiger partial charge in [0.25, 0.3) is 0 Å². The zero-order valence-corrected chi connectivity index (χ0v) is 17.1. The van der Waals surface area contributed by atoms with Gasteiger partial charge in [-0.2, -0.15) is 0 Å². The average molecular weight is 439 g/mol.